The highest BCUT2D eigenvalue weighted by atomic mass is 19.4. The number of likely N-dealkylation sites (tertiary alicyclic amines) is 1. The Morgan fingerprint density at radius 1 is 1.25 bits per heavy atom. The van der Waals surface area contributed by atoms with Gasteiger partial charge in [-0.25, -0.2) is 0 Å². The van der Waals surface area contributed by atoms with Gasteiger partial charge in [0.2, 0.25) is 0 Å². The highest BCUT2D eigenvalue weighted by Crippen LogP contribution is 2.44. The number of nitrogens with zero attached hydrogens (tertiary/aromatic N) is 3. The molecule has 0 spiro atoms. The molecular formula is C14H22F3N3. The van der Waals surface area contributed by atoms with Crippen LogP contribution in [0, 0.1) is 5.92 Å². The first-order valence-corrected chi connectivity index (χ1v) is 6.92. The molecule has 0 radical (unpaired) electrons. The zero-order chi connectivity index (χ0) is 15.1. The Balaban J connectivity index is 2.31. The van der Waals surface area contributed by atoms with Crippen LogP contribution in [0.3, 0.4) is 0 Å². The molecule has 1 aliphatic rings. The van der Waals surface area contributed by atoms with Gasteiger partial charge >= 0.3 is 6.18 Å². The molecule has 2 atom stereocenters. The monoisotopic (exact) mass is 289 g/mol. The smallest absolute Gasteiger partial charge is 0.290 e. The number of halogens is 3. The van der Waals surface area contributed by atoms with Crippen molar-refractivity contribution < 1.29 is 13.2 Å². The van der Waals surface area contributed by atoms with E-state index in [4.69, 9.17) is 0 Å². The summed E-state index contributed by atoms with van der Waals surface area (Å²) in [6.07, 6.45) is -2.18. The topological polar surface area (TPSA) is 21.1 Å². The number of aromatic nitrogens is 2. The van der Waals surface area contributed by atoms with Gasteiger partial charge in [-0.1, -0.05) is 0 Å². The predicted octanol–water partition coefficient (Wildman–Crippen LogP) is 3.53. The molecule has 2 heterocycles. The summed E-state index contributed by atoms with van der Waals surface area (Å²) in [6, 6.07) is 1.59. The highest BCUT2D eigenvalue weighted by Gasteiger charge is 2.47. The van der Waals surface area contributed by atoms with Crippen molar-refractivity contribution in [3.05, 3.63) is 18.0 Å². The molecule has 114 valence electrons. The molecule has 1 aliphatic heterocycles. The summed E-state index contributed by atoms with van der Waals surface area (Å²) in [5, 5.41) is 4.10. The molecule has 1 fully saturated rings. The SMILES string of the molecule is Cn1nccc1[C@@H]1C[C@H](C(F)(F)F)CCN1C(C)(C)C. The van der Waals surface area contributed by atoms with Crippen molar-refractivity contribution in [3.8, 4) is 0 Å². The Hall–Kier alpha value is -1.04. The summed E-state index contributed by atoms with van der Waals surface area (Å²) >= 11 is 0. The number of hydrogen-bond donors (Lipinski definition) is 0. The maximum atomic E-state index is 13.0. The van der Waals surface area contributed by atoms with E-state index in [0.717, 1.165) is 5.69 Å². The third-order valence-electron chi connectivity index (χ3n) is 4.13. The lowest BCUT2D eigenvalue weighted by molar-refractivity contribution is -0.194. The van der Waals surface area contributed by atoms with Gasteiger partial charge in [0.25, 0.3) is 0 Å². The Bertz CT molecular complexity index is 459. The molecule has 1 aromatic heterocycles. The van der Waals surface area contributed by atoms with E-state index in [1.165, 1.54) is 0 Å². The van der Waals surface area contributed by atoms with Crippen LogP contribution in [0.5, 0.6) is 0 Å². The average molecular weight is 289 g/mol. The second-order valence-corrected chi connectivity index (χ2v) is 6.52. The largest absolute Gasteiger partial charge is 0.391 e. The molecule has 0 aromatic carbocycles. The van der Waals surface area contributed by atoms with E-state index in [9.17, 15) is 13.2 Å². The highest BCUT2D eigenvalue weighted by molar-refractivity contribution is 5.10. The molecule has 1 aromatic rings. The fourth-order valence-corrected chi connectivity index (χ4v) is 3.06. The van der Waals surface area contributed by atoms with Gasteiger partial charge in [-0.05, 0) is 46.2 Å². The van der Waals surface area contributed by atoms with Crippen molar-refractivity contribution in [2.75, 3.05) is 6.54 Å². The molecule has 0 bridgehead atoms. The van der Waals surface area contributed by atoms with Gasteiger partial charge in [0, 0.05) is 18.8 Å². The van der Waals surface area contributed by atoms with Crippen LogP contribution in [0.2, 0.25) is 0 Å². The summed E-state index contributed by atoms with van der Waals surface area (Å²) in [5.41, 5.74) is 0.694. The van der Waals surface area contributed by atoms with Crippen molar-refractivity contribution in [3.63, 3.8) is 0 Å². The normalized spacial score (nSPS) is 25.9. The van der Waals surface area contributed by atoms with Crippen LogP contribution in [0.25, 0.3) is 0 Å². The minimum Gasteiger partial charge on any atom is -0.290 e. The van der Waals surface area contributed by atoms with E-state index in [1.54, 1.807) is 17.9 Å². The van der Waals surface area contributed by atoms with E-state index in [1.807, 2.05) is 26.8 Å². The third-order valence-corrected chi connectivity index (χ3v) is 4.13. The maximum Gasteiger partial charge on any atom is 0.391 e. The number of aryl methyl sites for hydroxylation is 1. The fourth-order valence-electron chi connectivity index (χ4n) is 3.06. The number of hydrogen-bond acceptors (Lipinski definition) is 2. The van der Waals surface area contributed by atoms with Crippen LogP contribution < -0.4 is 0 Å². The molecule has 0 N–H and O–H groups in total. The molecule has 0 saturated carbocycles. The maximum absolute atomic E-state index is 13.0. The molecule has 6 heteroatoms. The van der Waals surface area contributed by atoms with Crippen LogP contribution in [0.4, 0.5) is 13.2 Å². The van der Waals surface area contributed by atoms with E-state index in [2.05, 4.69) is 10.00 Å². The van der Waals surface area contributed by atoms with E-state index < -0.39 is 12.1 Å². The van der Waals surface area contributed by atoms with Gasteiger partial charge in [-0.15, -0.1) is 0 Å². The number of rotatable bonds is 1. The Labute approximate surface area is 117 Å². The summed E-state index contributed by atoms with van der Waals surface area (Å²) in [4.78, 5) is 2.16. The lowest BCUT2D eigenvalue weighted by atomic mass is 9.85. The minimum absolute atomic E-state index is 0.111. The lowest BCUT2D eigenvalue weighted by Crippen LogP contribution is -2.50. The summed E-state index contributed by atoms with van der Waals surface area (Å²) < 4.78 is 40.8. The average Bonchev–Trinajstić information content (AvgIpc) is 2.72. The predicted molar refractivity (Wildman–Crippen MR) is 71.2 cm³/mol. The van der Waals surface area contributed by atoms with Gasteiger partial charge in [0.1, 0.15) is 0 Å². The first-order valence-electron chi connectivity index (χ1n) is 6.92. The van der Waals surface area contributed by atoms with Crippen LogP contribution in [0.1, 0.15) is 45.3 Å². The molecule has 20 heavy (non-hydrogen) atoms. The van der Waals surface area contributed by atoms with Crippen molar-refractivity contribution in [2.24, 2.45) is 13.0 Å². The van der Waals surface area contributed by atoms with Gasteiger partial charge in [0.15, 0.2) is 0 Å². The molecule has 0 aliphatic carbocycles. The van der Waals surface area contributed by atoms with Crippen molar-refractivity contribution in [1.29, 1.82) is 0 Å². The van der Waals surface area contributed by atoms with E-state index >= 15 is 0 Å². The van der Waals surface area contributed by atoms with E-state index in [0.29, 0.717) is 6.54 Å². The first kappa shape index (κ1) is 15.4. The molecule has 0 unspecified atom stereocenters. The number of piperidine rings is 1. The second-order valence-electron chi connectivity index (χ2n) is 6.52. The van der Waals surface area contributed by atoms with Gasteiger partial charge in [0.05, 0.1) is 17.7 Å². The minimum atomic E-state index is -4.11. The Morgan fingerprint density at radius 3 is 2.35 bits per heavy atom. The quantitative estimate of drug-likeness (QED) is 0.788. The van der Waals surface area contributed by atoms with Gasteiger partial charge < -0.3 is 0 Å². The molecule has 0 amide bonds. The van der Waals surface area contributed by atoms with Crippen LogP contribution in [0.15, 0.2) is 12.3 Å². The molecule has 3 nitrogen and oxygen atoms in total. The number of alkyl halides is 3. The van der Waals surface area contributed by atoms with Crippen LogP contribution in [-0.2, 0) is 7.05 Å². The van der Waals surface area contributed by atoms with E-state index in [-0.39, 0.29) is 24.4 Å². The van der Waals surface area contributed by atoms with Crippen LogP contribution in [-0.4, -0.2) is 32.9 Å². The van der Waals surface area contributed by atoms with Crippen molar-refractivity contribution in [2.45, 2.75) is 51.4 Å². The second kappa shape index (κ2) is 5.06. The zero-order valence-electron chi connectivity index (χ0n) is 12.4. The standard InChI is InChI=1S/C14H22F3N3/c1-13(2,3)20-8-6-10(14(15,16)17)9-12(20)11-5-7-18-19(11)4/h5,7,10,12H,6,8-9H2,1-4H3/t10-,12+/m1/s1. The molecule has 2 rings (SSSR count). The third kappa shape index (κ3) is 3.00. The van der Waals surface area contributed by atoms with Crippen molar-refractivity contribution >= 4 is 0 Å². The Kier molecular flexibility index (Phi) is 3.88. The summed E-state index contributed by atoms with van der Waals surface area (Å²) in [5.74, 6) is -1.22. The molecular weight excluding hydrogens is 267 g/mol. The summed E-state index contributed by atoms with van der Waals surface area (Å²) in [7, 11) is 1.79. The van der Waals surface area contributed by atoms with Gasteiger partial charge in [-0.3, -0.25) is 9.58 Å². The fraction of sp³-hybridized carbons (Fsp3) is 0.786. The van der Waals surface area contributed by atoms with Crippen LogP contribution >= 0.6 is 0 Å². The zero-order valence-corrected chi connectivity index (χ0v) is 12.4. The summed E-state index contributed by atoms with van der Waals surface area (Å²) in [6.45, 7) is 6.60. The van der Waals surface area contributed by atoms with Gasteiger partial charge in [-0.2, -0.15) is 18.3 Å². The lowest BCUT2D eigenvalue weighted by Gasteiger charge is -2.47. The Morgan fingerprint density at radius 2 is 1.90 bits per heavy atom. The molecule has 1 saturated heterocycles. The first-order chi connectivity index (χ1) is 9.10. The van der Waals surface area contributed by atoms with Crippen molar-refractivity contribution in [1.82, 2.24) is 14.7 Å².